The molecule has 0 aliphatic carbocycles. The van der Waals surface area contributed by atoms with E-state index in [-0.39, 0.29) is 0 Å². The minimum absolute atomic E-state index is 0.740. The van der Waals surface area contributed by atoms with Crippen molar-refractivity contribution in [3.63, 3.8) is 0 Å². The zero-order valence-corrected chi connectivity index (χ0v) is 10.4. The first-order valence-corrected chi connectivity index (χ1v) is 6.27. The van der Waals surface area contributed by atoms with E-state index in [1.54, 1.807) is 0 Å². The summed E-state index contributed by atoms with van der Waals surface area (Å²) in [6.45, 7) is 5.22. The van der Waals surface area contributed by atoms with Crippen molar-refractivity contribution in [3.8, 4) is 6.07 Å². The molecule has 1 aliphatic heterocycles. The molecule has 0 radical (unpaired) electrons. The number of piperidine rings is 1. The Morgan fingerprint density at radius 3 is 2.71 bits per heavy atom. The Kier molecular flexibility index (Phi) is 4.13. The minimum atomic E-state index is 0.740. The van der Waals surface area contributed by atoms with E-state index >= 15 is 0 Å². The normalized spacial score (nSPS) is 16.7. The predicted molar refractivity (Wildman–Crippen MR) is 68.2 cm³/mol. The highest BCUT2D eigenvalue weighted by Crippen LogP contribution is 2.11. The maximum absolute atomic E-state index is 8.81. The van der Waals surface area contributed by atoms with Gasteiger partial charge in [0.25, 0.3) is 0 Å². The third-order valence-corrected chi connectivity index (χ3v) is 3.32. The van der Waals surface area contributed by atoms with Gasteiger partial charge in [0.05, 0.1) is 11.6 Å². The molecule has 0 unspecified atom stereocenters. The molecule has 0 amide bonds. The van der Waals surface area contributed by atoms with Crippen LogP contribution in [0.4, 0.5) is 0 Å². The Morgan fingerprint density at radius 1 is 1.29 bits per heavy atom. The highest BCUT2D eigenvalue weighted by Gasteiger charge is 2.09. The fourth-order valence-corrected chi connectivity index (χ4v) is 2.21. The Morgan fingerprint density at radius 2 is 2.06 bits per heavy atom. The number of hydrogen-bond donors (Lipinski definition) is 1. The van der Waals surface area contributed by atoms with Crippen molar-refractivity contribution >= 4 is 0 Å². The fraction of sp³-hybridized carbons (Fsp3) is 0.500. The molecule has 1 aromatic rings. The summed E-state index contributed by atoms with van der Waals surface area (Å²) in [5.41, 5.74) is 6.67. The third kappa shape index (κ3) is 3.29. The lowest BCUT2D eigenvalue weighted by Crippen LogP contribution is -2.41. The topological polar surface area (TPSA) is 39.1 Å². The number of hydrogen-bond acceptors (Lipinski definition) is 3. The summed E-state index contributed by atoms with van der Waals surface area (Å²) in [5.74, 6) is 0. The second-order valence-electron chi connectivity index (χ2n) is 4.64. The van der Waals surface area contributed by atoms with Crippen LogP contribution < -0.4 is 5.43 Å². The van der Waals surface area contributed by atoms with Gasteiger partial charge in [-0.1, -0.05) is 12.5 Å². The molecule has 1 saturated heterocycles. The van der Waals surface area contributed by atoms with Crippen molar-refractivity contribution in [2.75, 3.05) is 13.1 Å². The maximum atomic E-state index is 8.81. The predicted octanol–water partition coefficient (Wildman–Crippen LogP) is 2.36. The second kappa shape index (κ2) is 5.81. The lowest BCUT2D eigenvalue weighted by Gasteiger charge is -2.27. The van der Waals surface area contributed by atoms with Gasteiger partial charge in [-0.3, -0.25) is 5.43 Å². The monoisotopic (exact) mass is 229 g/mol. The molecule has 1 N–H and O–H groups in total. The van der Waals surface area contributed by atoms with Gasteiger partial charge in [0.15, 0.2) is 0 Å². The Hall–Kier alpha value is -1.37. The summed E-state index contributed by atoms with van der Waals surface area (Å²) in [6, 6.07) is 8.06. The number of benzene rings is 1. The lowest BCUT2D eigenvalue weighted by molar-refractivity contribution is 0.151. The van der Waals surface area contributed by atoms with Gasteiger partial charge >= 0.3 is 0 Å². The third-order valence-electron chi connectivity index (χ3n) is 3.32. The molecule has 1 aromatic carbocycles. The van der Waals surface area contributed by atoms with E-state index in [1.165, 1.54) is 30.4 Å². The van der Waals surface area contributed by atoms with Crippen molar-refractivity contribution in [1.29, 1.82) is 5.26 Å². The Bertz CT molecular complexity index is 414. The van der Waals surface area contributed by atoms with Gasteiger partial charge in [0.1, 0.15) is 0 Å². The van der Waals surface area contributed by atoms with E-state index in [0.717, 1.165) is 25.2 Å². The number of nitrogens with zero attached hydrogens (tertiary/aromatic N) is 2. The van der Waals surface area contributed by atoms with E-state index in [2.05, 4.69) is 23.4 Å². The highest BCUT2D eigenvalue weighted by atomic mass is 15.5. The largest absolute Gasteiger partial charge is 0.251 e. The molecule has 90 valence electrons. The smallest absolute Gasteiger partial charge is 0.0991 e. The Labute approximate surface area is 103 Å². The molecule has 3 heteroatoms. The summed E-state index contributed by atoms with van der Waals surface area (Å²) in [6.07, 6.45) is 3.94. The van der Waals surface area contributed by atoms with Crippen molar-refractivity contribution in [2.45, 2.75) is 32.7 Å². The summed E-state index contributed by atoms with van der Waals surface area (Å²) in [7, 11) is 0. The molecule has 0 atom stereocenters. The number of hydrazine groups is 1. The molecule has 0 aromatic heterocycles. The first-order valence-electron chi connectivity index (χ1n) is 6.27. The molecule has 0 bridgehead atoms. The van der Waals surface area contributed by atoms with Crippen molar-refractivity contribution in [3.05, 3.63) is 34.9 Å². The van der Waals surface area contributed by atoms with Crippen LogP contribution in [0.5, 0.6) is 0 Å². The summed E-state index contributed by atoms with van der Waals surface area (Å²) >= 11 is 0. The van der Waals surface area contributed by atoms with Gasteiger partial charge in [0, 0.05) is 19.6 Å². The average molecular weight is 229 g/mol. The van der Waals surface area contributed by atoms with E-state index in [0.29, 0.717) is 0 Å². The van der Waals surface area contributed by atoms with E-state index in [4.69, 9.17) is 5.26 Å². The number of aryl methyl sites for hydroxylation is 1. The van der Waals surface area contributed by atoms with Crippen LogP contribution in [0, 0.1) is 18.3 Å². The molecule has 2 rings (SSSR count). The number of nitrogens with one attached hydrogen (secondary N) is 1. The minimum Gasteiger partial charge on any atom is -0.251 e. The van der Waals surface area contributed by atoms with Gasteiger partial charge in [-0.2, -0.15) is 5.26 Å². The van der Waals surface area contributed by atoms with Crippen molar-refractivity contribution in [1.82, 2.24) is 10.4 Å². The molecular formula is C14H19N3. The molecule has 1 heterocycles. The summed E-state index contributed by atoms with van der Waals surface area (Å²) in [4.78, 5) is 0. The zero-order valence-electron chi connectivity index (χ0n) is 10.4. The van der Waals surface area contributed by atoms with Gasteiger partial charge < -0.3 is 0 Å². The number of nitriles is 1. The standard InChI is InChI=1S/C14H19N3/c1-12-9-13(10-15)5-6-14(12)11-16-17-7-3-2-4-8-17/h5-6,9,16H,2-4,7-8,11H2,1H3. The first kappa shape index (κ1) is 12.1. The van der Waals surface area contributed by atoms with Gasteiger partial charge in [-0.15, -0.1) is 0 Å². The highest BCUT2D eigenvalue weighted by molar-refractivity contribution is 5.37. The lowest BCUT2D eigenvalue weighted by atomic mass is 10.1. The van der Waals surface area contributed by atoms with Crippen LogP contribution in [-0.2, 0) is 6.54 Å². The van der Waals surface area contributed by atoms with Crippen molar-refractivity contribution < 1.29 is 0 Å². The van der Waals surface area contributed by atoms with Gasteiger partial charge in [-0.05, 0) is 43.0 Å². The average Bonchev–Trinajstić information content (AvgIpc) is 2.38. The van der Waals surface area contributed by atoms with Crippen LogP contribution in [0.15, 0.2) is 18.2 Å². The molecule has 0 spiro atoms. The van der Waals surface area contributed by atoms with Crippen LogP contribution >= 0.6 is 0 Å². The van der Waals surface area contributed by atoms with Crippen LogP contribution in [0.1, 0.15) is 36.0 Å². The first-order chi connectivity index (χ1) is 8.29. The maximum Gasteiger partial charge on any atom is 0.0991 e. The van der Waals surface area contributed by atoms with Gasteiger partial charge in [0.2, 0.25) is 0 Å². The molecular weight excluding hydrogens is 210 g/mol. The van der Waals surface area contributed by atoms with E-state index < -0.39 is 0 Å². The van der Waals surface area contributed by atoms with Crippen LogP contribution in [0.25, 0.3) is 0 Å². The Balaban J connectivity index is 1.92. The van der Waals surface area contributed by atoms with Crippen LogP contribution in [0.2, 0.25) is 0 Å². The van der Waals surface area contributed by atoms with Crippen LogP contribution in [0.3, 0.4) is 0 Å². The summed E-state index contributed by atoms with van der Waals surface area (Å²) < 4.78 is 0. The molecule has 0 saturated carbocycles. The number of rotatable bonds is 3. The second-order valence-corrected chi connectivity index (χ2v) is 4.64. The molecule has 17 heavy (non-hydrogen) atoms. The quantitative estimate of drug-likeness (QED) is 0.864. The molecule has 3 nitrogen and oxygen atoms in total. The van der Waals surface area contributed by atoms with E-state index in [1.807, 2.05) is 18.2 Å². The molecule has 1 fully saturated rings. The zero-order chi connectivity index (χ0) is 12.1. The van der Waals surface area contributed by atoms with E-state index in [9.17, 15) is 0 Å². The summed E-state index contributed by atoms with van der Waals surface area (Å²) in [5, 5.41) is 11.1. The molecule has 1 aliphatic rings. The van der Waals surface area contributed by atoms with Crippen molar-refractivity contribution in [2.24, 2.45) is 0 Å². The fourth-order valence-electron chi connectivity index (χ4n) is 2.21. The van der Waals surface area contributed by atoms with Gasteiger partial charge in [-0.25, -0.2) is 5.01 Å². The van der Waals surface area contributed by atoms with Crippen LogP contribution in [-0.4, -0.2) is 18.1 Å². The SMILES string of the molecule is Cc1cc(C#N)ccc1CNN1CCCCC1.